The minimum Gasteiger partial charge on any atom is -0.480 e. The second-order valence-electron chi connectivity index (χ2n) is 4.69. The van der Waals surface area contributed by atoms with Crippen molar-refractivity contribution in [2.24, 2.45) is 0 Å². The van der Waals surface area contributed by atoms with Gasteiger partial charge in [0.05, 0.1) is 6.61 Å². The summed E-state index contributed by atoms with van der Waals surface area (Å²) >= 11 is 0. The predicted molar refractivity (Wildman–Crippen MR) is 83.0 cm³/mol. The van der Waals surface area contributed by atoms with E-state index in [0.29, 0.717) is 13.2 Å². The van der Waals surface area contributed by atoms with Gasteiger partial charge in [0.15, 0.2) is 0 Å². The molecule has 0 saturated carbocycles. The van der Waals surface area contributed by atoms with Crippen LogP contribution >= 0.6 is 12.4 Å². The van der Waals surface area contributed by atoms with Gasteiger partial charge in [0.25, 0.3) is 0 Å². The Balaban J connectivity index is 0.00000220. The molecule has 1 fully saturated rings. The summed E-state index contributed by atoms with van der Waals surface area (Å²) in [5, 5.41) is 7.83. The Hall–Kier alpha value is -1.75. The third kappa shape index (κ3) is 4.63. The molecule has 1 aromatic carbocycles. The molecule has 6 heteroatoms. The average Bonchev–Trinajstić information content (AvgIpc) is 2.96. The minimum absolute atomic E-state index is 0. The van der Waals surface area contributed by atoms with Crippen LogP contribution in [0, 0.1) is 5.41 Å². The fraction of sp³-hybridized carbons (Fsp3) is 0.467. The number of carbonyl (C=O) groups is 1. The van der Waals surface area contributed by atoms with E-state index < -0.39 is 0 Å². The summed E-state index contributed by atoms with van der Waals surface area (Å²) in [6.07, 6.45) is 1.26. The van der Waals surface area contributed by atoms with E-state index in [1.165, 1.54) is 0 Å². The molecule has 1 heterocycles. The number of rotatable bonds is 4. The lowest BCUT2D eigenvalue weighted by Gasteiger charge is -2.24. The molecule has 0 aromatic heterocycles. The third-order valence-electron chi connectivity index (χ3n) is 3.29. The van der Waals surface area contributed by atoms with Crippen molar-refractivity contribution >= 4 is 24.4 Å². The molecule has 1 aliphatic rings. The van der Waals surface area contributed by atoms with Crippen LogP contribution in [0.15, 0.2) is 30.3 Å². The molecule has 1 unspecified atom stereocenters. The van der Waals surface area contributed by atoms with Crippen LogP contribution < -0.4 is 0 Å². The van der Waals surface area contributed by atoms with E-state index in [1.54, 1.807) is 4.90 Å². The molecular weight excluding hydrogens is 292 g/mol. The molecule has 0 spiro atoms. The molecule has 1 atom stereocenters. The molecule has 5 nitrogen and oxygen atoms in total. The first kappa shape index (κ1) is 17.3. The highest BCUT2D eigenvalue weighted by molar-refractivity contribution is 5.85. The number of likely N-dealkylation sites (tertiary alicyclic amines) is 1. The first-order valence-corrected chi connectivity index (χ1v) is 6.91. The zero-order chi connectivity index (χ0) is 14.4. The van der Waals surface area contributed by atoms with Gasteiger partial charge >= 0.3 is 6.09 Å². The van der Waals surface area contributed by atoms with Crippen molar-refractivity contribution in [2.75, 3.05) is 13.2 Å². The van der Waals surface area contributed by atoms with Crippen molar-refractivity contribution in [3.8, 4) is 0 Å². The van der Waals surface area contributed by atoms with Crippen molar-refractivity contribution < 1.29 is 14.3 Å². The third-order valence-corrected chi connectivity index (χ3v) is 3.29. The molecule has 1 saturated heterocycles. The van der Waals surface area contributed by atoms with E-state index >= 15 is 0 Å². The van der Waals surface area contributed by atoms with Crippen molar-refractivity contribution in [1.82, 2.24) is 4.90 Å². The monoisotopic (exact) mass is 312 g/mol. The van der Waals surface area contributed by atoms with Crippen LogP contribution in [0.3, 0.4) is 0 Å². The molecule has 1 aliphatic heterocycles. The van der Waals surface area contributed by atoms with E-state index in [2.05, 4.69) is 0 Å². The van der Waals surface area contributed by atoms with Crippen LogP contribution in [-0.4, -0.2) is 36.1 Å². The number of carbonyl (C=O) groups excluding carboxylic acids is 1. The second-order valence-corrected chi connectivity index (χ2v) is 4.69. The second kappa shape index (κ2) is 8.52. The fourth-order valence-corrected chi connectivity index (χ4v) is 2.31. The molecule has 0 bridgehead atoms. The summed E-state index contributed by atoms with van der Waals surface area (Å²) in [6, 6.07) is 9.29. The molecule has 21 heavy (non-hydrogen) atoms. The van der Waals surface area contributed by atoms with Gasteiger partial charge in [-0.3, -0.25) is 10.3 Å². The van der Waals surface area contributed by atoms with E-state index in [1.807, 2.05) is 37.3 Å². The number of nitrogens with one attached hydrogen (secondary N) is 1. The van der Waals surface area contributed by atoms with E-state index in [9.17, 15) is 4.79 Å². The fourth-order valence-electron chi connectivity index (χ4n) is 2.31. The molecular formula is C15H21ClN2O3. The zero-order valence-electron chi connectivity index (χ0n) is 12.1. The largest absolute Gasteiger partial charge is 0.480 e. The summed E-state index contributed by atoms with van der Waals surface area (Å²) in [6.45, 7) is 3.16. The van der Waals surface area contributed by atoms with E-state index in [0.717, 1.165) is 18.4 Å². The predicted octanol–water partition coefficient (Wildman–Crippen LogP) is 3.22. The maximum Gasteiger partial charge on any atom is 0.410 e. The Morgan fingerprint density at radius 1 is 1.33 bits per heavy atom. The van der Waals surface area contributed by atoms with Crippen molar-refractivity contribution in [1.29, 1.82) is 5.41 Å². The summed E-state index contributed by atoms with van der Waals surface area (Å²) in [5.41, 5.74) is 0.955. The first-order valence-electron chi connectivity index (χ1n) is 6.91. The maximum absolute atomic E-state index is 12.1. The molecule has 116 valence electrons. The van der Waals surface area contributed by atoms with Crippen molar-refractivity contribution in [3.63, 3.8) is 0 Å². The highest BCUT2D eigenvalue weighted by Gasteiger charge is 2.33. The lowest BCUT2D eigenvalue weighted by molar-refractivity contribution is 0.0959. The van der Waals surface area contributed by atoms with Gasteiger partial charge in [-0.15, -0.1) is 12.4 Å². The van der Waals surface area contributed by atoms with Gasteiger partial charge in [-0.25, -0.2) is 4.79 Å². The number of benzene rings is 1. The number of hydrogen-bond donors (Lipinski definition) is 1. The van der Waals surface area contributed by atoms with Gasteiger partial charge in [0, 0.05) is 6.54 Å². The van der Waals surface area contributed by atoms with Gasteiger partial charge in [-0.2, -0.15) is 0 Å². The number of hydrogen-bond acceptors (Lipinski definition) is 4. The van der Waals surface area contributed by atoms with Gasteiger partial charge in [0.2, 0.25) is 5.90 Å². The van der Waals surface area contributed by atoms with Gasteiger partial charge < -0.3 is 9.47 Å². The highest BCUT2D eigenvalue weighted by atomic mass is 35.5. The maximum atomic E-state index is 12.1. The van der Waals surface area contributed by atoms with Crippen LogP contribution in [0.4, 0.5) is 4.79 Å². The summed E-state index contributed by atoms with van der Waals surface area (Å²) in [7, 11) is 0. The smallest absolute Gasteiger partial charge is 0.410 e. The summed E-state index contributed by atoms with van der Waals surface area (Å²) < 4.78 is 10.5. The molecule has 0 radical (unpaired) electrons. The van der Waals surface area contributed by atoms with Gasteiger partial charge in [-0.05, 0) is 25.3 Å². The Morgan fingerprint density at radius 2 is 2.05 bits per heavy atom. The Kier molecular flexibility index (Phi) is 7.02. The molecule has 0 aliphatic carbocycles. The lowest BCUT2D eigenvalue weighted by Crippen LogP contribution is -2.41. The average molecular weight is 313 g/mol. The standard InChI is InChI=1S/C15H20N2O3.ClH/c1-2-19-14(16)13-9-6-10-17(13)15(18)20-11-12-7-4-3-5-8-12;/h3-5,7-8,13,16H,2,6,9-11H2,1H3;1H. The summed E-state index contributed by atoms with van der Waals surface area (Å²) in [4.78, 5) is 13.7. The van der Waals surface area contributed by atoms with Gasteiger partial charge in [-0.1, -0.05) is 30.3 Å². The van der Waals surface area contributed by atoms with E-state index in [-0.39, 0.29) is 37.0 Å². The van der Waals surface area contributed by atoms with Crippen LogP contribution in [0.5, 0.6) is 0 Å². The molecule has 2 rings (SSSR count). The Labute approximate surface area is 131 Å². The lowest BCUT2D eigenvalue weighted by atomic mass is 10.2. The van der Waals surface area contributed by atoms with Crippen LogP contribution in [0.2, 0.25) is 0 Å². The number of ether oxygens (including phenoxy) is 2. The van der Waals surface area contributed by atoms with Crippen molar-refractivity contribution in [3.05, 3.63) is 35.9 Å². The van der Waals surface area contributed by atoms with Crippen LogP contribution in [0.1, 0.15) is 25.3 Å². The minimum atomic E-state index is -0.374. The first-order chi connectivity index (χ1) is 9.72. The number of amides is 1. The Morgan fingerprint density at radius 3 is 2.71 bits per heavy atom. The molecule has 1 amide bonds. The molecule has 1 N–H and O–H groups in total. The summed E-state index contributed by atoms with van der Waals surface area (Å²) in [5.74, 6) is 0.154. The van der Waals surface area contributed by atoms with Crippen LogP contribution in [-0.2, 0) is 16.1 Å². The quantitative estimate of drug-likeness (QED) is 0.686. The van der Waals surface area contributed by atoms with Gasteiger partial charge in [0.1, 0.15) is 12.6 Å². The number of halogens is 1. The van der Waals surface area contributed by atoms with E-state index in [4.69, 9.17) is 14.9 Å². The Bertz CT molecular complexity index is 467. The normalized spacial score (nSPS) is 17.0. The van der Waals surface area contributed by atoms with Crippen LogP contribution in [0.25, 0.3) is 0 Å². The number of nitrogens with zero attached hydrogens (tertiary/aromatic N) is 1. The molecule has 1 aromatic rings. The topological polar surface area (TPSA) is 62.6 Å². The van der Waals surface area contributed by atoms with Crippen molar-refractivity contribution in [2.45, 2.75) is 32.4 Å². The zero-order valence-corrected chi connectivity index (χ0v) is 12.9. The SMILES string of the molecule is CCOC(=N)C1CCCN1C(=O)OCc1ccccc1.Cl. The highest BCUT2D eigenvalue weighted by Crippen LogP contribution is 2.20.